The first-order valence-electron chi connectivity index (χ1n) is 10.7. The van der Waals surface area contributed by atoms with Gasteiger partial charge in [0.1, 0.15) is 18.1 Å². The molecule has 1 N–H and O–H groups in total. The van der Waals surface area contributed by atoms with E-state index in [1.165, 1.54) is 4.31 Å². The van der Waals surface area contributed by atoms with Crippen molar-refractivity contribution < 1.29 is 22.7 Å². The van der Waals surface area contributed by atoms with Crippen molar-refractivity contribution in [2.45, 2.75) is 17.7 Å². The standard InChI is InChI=1S/C24H25BrN2O5S/c25-24-21-6-2-1-5-18(21)7-12-22(24)32-17-23(28)26-13-16-31-19-8-10-20(11-9-19)33(29,30)27-14-3-4-15-27/h1-2,5-12H,3-4,13-17H2,(H,26,28). The maximum Gasteiger partial charge on any atom is 0.258 e. The van der Waals surface area contributed by atoms with Gasteiger partial charge in [0.15, 0.2) is 6.61 Å². The molecule has 174 valence electrons. The van der Waals surface area contributed by atoms with E-state index in [0.717, 1.165) is 28.1 Å². The number of carbonyl (C=O) groups excluding carboxylic acids is 1. The van der Waals surface area contributed by atoms with Gasteiger partial charge in [-0.15, -0.1) is 0 Å². The summed E-state index contributed by atoms with van der Waals surface area (Å²) in [6.07, 6.45) is 1.80. The molecule has 33 heavy (non-hydrogen) atoms. The monoisotopic (exact) mass is 532 g/mol. The number of carbonyl (C=O) groups is 1. The Morgan fingerprint density at radius 1 is 0.970 bits per heavy atom. The number of amides is 1. The summed E-state index contributed by atoms with van der Waals surface area (Å²) in [5.74, 6) is 0.885. The van der Waals surface area contributed by atoms with Gasteiger partial charge in [0.2, 0.25) is 10.0 Å². The molecule has 4 rings (SSSR count). The molecule has 1 aliphatic heterocycles. The molecule has 0 radical (unpaired) electrons. The number of hydrogen-bond donors (Lipinski definition) is 1. The molecule has 0 spiro atoms. The van der Waals surface area contributed by atoms with Crippen molar-refractivity contribution in [3.8, 4) is 11.5 Å². The Labute approximate surface area is 201 Å². The molecule has 0 aromatic heterocycles. The fourth-order valence-electron chi connectivity index (χ4n) is 3.66. The minimum absolute atomic E-state index is 0.111. The van der Waals surface area contributed by atoms with Gasteiger partial charge in [0, 0.05) is 13.1 Å². The van der Waals surface area contributed by atoms with Crippen LogP contribution < -0.4 is 14.8 Å². The summed E-state index contributed by atoms with van der Waals surface area (Å²) >= 11 is 3.54. The van der Waals surface area contributed by atoms with Gasteiger partial charge >= 0.3 is 0 Å². The highest BCUT2D eigenvalue weighted by Crippen LogP contribution is 2.33. The minimum Gasteiger partial charge on any atom is -0.492 e. The van der Waals surface area contributed by atoms with E-state index in [4.69, 9.17) is 9.47 Å². The number of halogens is 1. The molecular weight excluding hydrogens is 508 g/mol. The van der Waals surface area contributed by atoms with E-state index >= 15 is 0 Å². The average Bonchev–Trinajstić information content (AvgIpc) is 3.38. The third kappa shape index (κ3) is 5.66. The zero-order valence-electron chi connectivity index (χ0n) is 18.0. The van der Waals surface area contributed by atoms with Gasteiger partial charge in [0.25, 0.3) is 5.91 Å². The van der Waals surface area contributed by atoms with Crippen LogP contribution in [0.4, 0.5) is 0 Å². The predicted octanol–water partition coefficient (Wildman–Crippen LogP) is 3.96. The van der Waals surface area contributed by atoms with Crippen molar-refractivity contribution in [1.82, 2.24) is 9.62 Å². The van der Waals surface area contributed by atoms with E-state index in [0.29, 0.717) is 31.1 Å². The van der Waals surface area contributed by atoms with Crippen LogP contribution >= 0.6 is 15.9 Å². The Morgan fingerprint density at radius 2 is 1.70 bits per heavy atom. The molecule has 0 atom stereocenters. The molecule has 3 aromatic rings. The topological polar surface area (TPSA) is 84.9 Å². The first kappa shape index (κ1) is 23.5. The van der Waals surface area contributed by atoms with Crippen LogP contribution in [0.1, 0.15) is 12.8 Å². The molecule has 1 fully saturated rings. The number of hydrogen-bond acceptors (Lipinski definition) is 5. The molecule has 0 saturated carbocycles. The summed E-state index contributed by atoms with van der Waals surface area (Å²) in [4.78, 5) is 12.4. The number of ether oxygens (including phenoxy) is 2. The highest BCUT2D eigenvalue weighted by Gasteiger charge is 2.26. The zero-order valence-corrected chi connectivity index (χ0v) is 20.4. The lowest BCUT2D eigenvalue weighted by Crippen LogP contribution is -2.32. The van der Waals surface area contributed by atoms with Gasteiger partial charge < -0.3 is 14.8 Å². The number of sulfonamides is 1. The third-order valence-corrected chi connectivity index (χ3v) is 8.14. The maximum absolute atomic E-state index is 12.6. The number of nitrogens with zero attached hydrogens (tertiary/aromatic N) is 1. The second-order valence-electron chi connectivity index (χ2n) is 7.67. The minimum atomic E-state index is -3.43. The van der Waals surface area contributed by atoms with Gasteiger partial charge in [-0.1, -0.05) is 30.3 Å². The second kappa shape index (κ2) is 10.5. The lowest BCUT2D eigenvalue weighted by atomic mass is 10.1. The number of fused-ring (bicyclic) bond motifs is 1. The van der Waals surface area contributed by atoms with Crippen molar-refractivity contribution in [2.24, 2.45) is 0 Å². The van der Waals surface area contributed by atoms with Gasteiger partial charge in [-0.3, -0.25) is 4.79 Å². The van der Waals surface area contributed by atoms with Crippen molar-refractivity contribution in [1.29, 1.82) is 0 Å². The number of nitrogens with one attached hydrogen (secondary N) is 1. The van der Waals surface area contributed by atoms with E-state index < -0.39 is 10.0 Å². The highest BCUT2D eigenvalue weighted by molar-refractivity contribution is 9.10. The van der Waals surface area contributed by atoms with Crippen molar-refractivity contribution in [3.05, 3.63) is 65.1 Å². The Kier molecular flexibility index (Phi) is 7.52. The van der Waals surface area contributed by atoms with Crippen LogP contribution in [0.25, 0.3) is 10.8 Å². The molecule has 0 unspecified atom stereocenters. The molecule has 0 bridgehead atoms. The Morgan fingerprint density at radius 3 is 2.45 bits per heavy atom. The summed E-state index contributed by atoms with van der Waals surface area (Å²) in [6, 6.07) is 18.1. The van der Waals surface area contributed by atoms with Crippen molar-refractivity contribution >= 4 is 42.6 Å². The molecule has 1 heterocycles. The van der Waals surface area contributed by atoms with E-state index in [1.807, 2.05) is 36.4 Å². The normalized spacial score (nSPS) is 14.3. The van der Waals surface area contributed by atoms with E-state index in [9.17, 15) is 13.2 Å². The van der Waals surface area contributed by atoms with E-state index in [1.54, 1.807) is 24.3 Å². The summed E-state index contributed by atoms with van der Waals surface area (Å²) in [6.45, 7) is 1.59. The SMILES string of the molecule is O=C(COc1ccc2ccccc2c1Br)NCCOc1ccc(S(=O)(=O)N2CCCC2)cc1. The van der Waals surface area contributed by atoms with E-state index in [-0.39, 0.29) is 24.0 Å². The van der Waals surface area contributed by atoms with Crippen LogP contribution in [0.5, 0.6) is 11.5 Å². The average molecular weight is 533 g/mol. The third-order valence-electron chi connectivity index (χ3n) is 5.41. The summed E-state index contributed by atoms with van der Waals surface area (Å²) < 4.78 is 38.7. The van der Waals surface area contributed by atoms with Crippen molar-refractivity contribution in [2.75, 3.05) is 32.8 Å². The van der Waals surface area contributed by atoms with E-state index in [2.05, 4.69) is 21.2 Å². The van der Waals surface area contributed by atoms with Crippen LogP contribution in [0.15, 0.2) is 70.0 Å². The smallest absolute Gasteiger partial charge is 0.258 e. The van der Waals surface area contributed by atoms with Gasteiger partial charge in [0.05, 0.1) is 15.9 Å². The fraction of sp³-hybridized carbons (Fsp3) is 0.292. The summed E-state index contributed by atoms with van der Waals surface area (Å²) in [5.41, 5.74) is 0. The largest absolute Gasteiger partial charge is 0.492 e. The lowest BCUT2D eigenvalue weighted by molar-refractivity contribution is -0.123. The summed E-state index contributed by atoms with van der Waals surface area (Å²) in [7, 11) is -3.43. The molecule has 9 heteroatoms. The molecule has 0 aliphatic carbocycles. The zero-order chi connectivity index (χ0) is 23.3. The Balaban J connectivity index is 1.21. The fourth-order valence-corrected chi connectivity index (χ4v) is 5.79. The molecule has 1 amide bonds. The van der Waals surface area contributed by atoms with Crippen LogP contribution in [-0.4, -0.2) is 51.5 Å². The maximum atomic E-state index is 12.6. The van der Waals surface area contributed by atoms with Crippen LogP contribution in [0.3, 0.4) is 0 Å². The van der Waals surface area contributed by atoms with Gasteiger partial charge in [-0.05, 0) is 69.9 Å². The molecule has 7 nitrogen and oxygen atoms in total. The highest BCUT2D eigenvalue weighted by atomic mass is 79.9. The first-order chi connectivity index (χ1) is 15.9. The van der Waals surface area contributed by atoms with Crippen LogP contribution in [0, 0.1) is 0 Å². The lowest BCUT2D eigenvalue weighted by Gasteiger charge is -2.15. The number of rotatable bonds is 9. The molecule has 3 aromatic carbocycles. The van der Waals surface area contributed by atoms with Crippen LogP contribution in [-0.2, 0) is 14.8 Å². The quantitative estimate of drug-likeness (QED) is 0.421. The predicted molar refractivity (Wildman–Crippen MR) is 130 cm³/mol. The Bertz CT molecular complexity index is 1230. The molecule has 1 aliphatic rings. The van der Waals surface area contributed by atoms with Crippen molar-refractivity contribution in [3.63, 3.8) is 0 Å². The Hall–Kier alpha value is -2.62. The summed E-state index contributed by atoms with van der Waals surface area (Å²) in [5, 5.41) is 4.85. The molecular formula is C24H25BrN2O5S. The molecule has 1 saturated heterocycles. The van der Waals surface area contributed by atoms with Gasteiger partial charge in [-0.2, -0.15) is 4.31 Å². The van der Waals surface area contributed by atoms with Crippen LogP contribution in [0.2, 0.25) is 0 Å². The second-order valence-corrected chi connectivity index (χ2v) is 10.4. The first-order valence-corrected chi connectivity index (χ1v) is 13.0. The number of benzene rings is 3. The van der Waals surface area contributed by atoms with Gasteiger partial charge in [-0.25, -0.2) is 8.42 Å².